The third-order valence-corrected chi connectivity index (χ3v) is 7.42. The van der Waals surface area contributed by atoms with E-state index in [1.54, 1.807) is 6.07 Å². The maximum Gasteiger partial charge on any atom is 0.326 e. The van der Waals surface area contributed by atoms with Gasteiger partial charge in [-0.05, 0) is 48.8 Å². The number of carboxylic acids is 1. The zero-order valence-electron chi connectivity index (χ0n) is 21.7. The number of thioether (sulfide) groups is 1. The van der Waals surface area contributed by atoms with Crippen LogP contribution in [0.2, 0.25) is 5.02 Å². The van der Waals surface area contributed by atoms with Gasteiger partial charge in [0.2, 0.25) is 18.0 Å². The summed E-state index contributed by atoms with van der Waals surface area (Å²) in [7, 11) is 1.32. The number of thiol groups is 1. The van der Waals surface area contributed by atoms with E-state index in [2.05, 4.69) is 22.9 Å². The van der Waals surface area contributed by atoms with Crippen molar-refractivity contribution in [2.75, 3.05) is 36.3 Å². The van der Waals surface area contributed by atoms with E-state index < -0.39 is 54.3 Å². The Kier molecular flexibility index (Phi) is 11.0. The molecule has 10 nitrogen and oxygen atoms in total. The number of carbonyl (C=O) groups is 4. The number of benzodiazepines with no additional fused rings is 1. The lowest BCUT2D eigenvalue weighted by Gasteiger charge is -2.30. The average molecular weight is 610 g/mol. The number of nitrogens with one attached hydrogen (secondary N) is 1. The van der Waals surface area contributed by atoms with Crippen LogP contribution in [0.3, 0.4) is 0 Å². The number of hydrogen-bond acceptors (Lipinski definition) is 8. The molecule has 0 aliphatic carbocycles. The number of benzene rings is 2. The summed E-state index contributed by atoms with van der Waals surface area (Å²) >= 11 is 11.8. The van der Waals surface area contributed by atoms with Crippen molar-refractivity contribution in [3.63, 3.8) is 0 Å². The van der Waals surface area contributed by atoms with Gasteiger partial charge in [-0.25, -0.2) is 14.2 Å². The van der Waals surface area contributed by atoms with Gasteiger partial charge >= 0.3 is 5.97 Å². The topological polar surface area (TPSA) is 145 Å². The Morgan fingerprint density at radius 1 is 1.27 bits per heavy atom. The Bertz CT molecular complexity index is 1330. The molecule has 0 spiro atoms. The van der Waals surface area contributed by atoms with Gasteiger partial charge in [0.15, 0.2) is 0 Å². The Morgan fingerprint density at radius 3 is 2.60 bits per heavy atom. The van der Waals surface area contributed by atoms with Gasteiger partial charge < -0.3 is 21.1 Å². The molecule has 0 saturated heterocycles. The second-order valence-electron chi connectivity index (χ2n) is 8.90. The normalized spacial score (nSPS) is 16.4. The van der Waals surface area contributed by atoms with E-state index >= 15 is 4.39 Å². The van der Waals surface area contributed by atoms with Gasteiger partial charge in [-0.2, -0.15) is 24.4 Å². The molecule has 0 bridgehead atoms. The number of carbonyl (C=O) groups excluding carboxylic acids is 3. The first-order valence-corrected chi connectivity index (χ1v) is 14.5. The third kappa shape index (κ3) is 7.14. The largest absolute Gasteiger partial charge is 0.480 e. The van der Waals surface area contributed by atoms with E-state index in [9.17, 15) is 24.3 Å². The van der Waals surface area contributed by atoms with Gasteiger partial charge in [0.25, 0.3) is 5.91 Å². The lowest BCUT2D eigenvalue weighted by molar-refractivity contribution is -0.142. The molecule has 2 aromatic rings. The van der Waals surface area contributed by atoms with Crippen molar-refractivity contribution in [1.82, 2.24) is 10.2 Å². The number of nitrogens with two attached hydrogens (primary N) is 1. The number of hydrogen-bond donors (Lipinski definition) is 4. The average Bonchev–Trinajstić information content (AvgIpc) is 3.04. The van der Waals surface area contributed by atoms with Gasteiger partial charge in [0.05, 0.1) is 17.4 Å². The Labute approximate surface area is 245 Å². The van der Waals surface area contributed by atoms with Crippen LogP contribution >= 0.6 is 36.0 Å². The van der Waals surface area contributed by atoms with Crippen molar-refractivity contribution in [2.24, 2.45) is 10.7 Å². The zero-order valence-corrected chi connectivity index (χ0v) is 24.2. The van der Waals surface area contributed by atoms with Crippen LogP contribution in [0, 0.1) is 5.82 Å². The first kappa shape index (κ1) is 31.4. The summed E-state index contributed by atoms with van der Waals surface area (Å²) in [6.45, 7) is -0.603. The molecule has 1 aliphatic heterocycles. The highest BCUT2D eigenvalue weighted by molar-refractivity contribution is 7.98. The fraction of sp³-hybridized carbons (Fsp3) is 0.346. The number of amides is 3. The van der Waals surface area contributed by atoms with E-state index in [-0.39, 0.29) is 39.7 Å². The number of fused-ring (bicyclic) bond motifs is 1. The van der Waals surface area contributed by atoms with Gasteiger partial charge in [-0.15, -0.1) is 0 Å². The molecular formula is C26H29ClFN5O5S2. The molecule has 4 N–H and O–H groups in total. The number of aliphatic carboxylic acids is 1. The standard InChI is InChI=1S/C26H29ClFN5O5S2/c1-32(24(35)18(29)13-39)23-25(36)33(12-21(34)30-19(26(37)38)9-10-40-2)20-8-7-14(27)11-16(20)22(31-23)15-5-3-4-6-17(15)28/h3-8,11,18-19,23,39H,9-10,12-13,29H2,1-2H3,(H,30,34)(H,37,38)/t18?,19-,23?/m0/s1. The monoisotopic (exact) mass is 609 g/mol. The molecule has 214 valence electrons. The van der Waals surface area contributed by atoms with Gasteiger partial charge in [0.1, 0.15) is 18.4 Å². The van der Waals surface area contributed by atoms with Crippen LogP contribution in [0.4, 0.5) is 10.1 Å². The quantitative estimate of drug-likeness (QED) is 0.285. The smallest absolute Gasteiger partial charge is 0.326 e. The summed E-state index contributed by atoms with van der Waals surface area (Å²) in [5.74, 6) is -3.57. The molecule has 1 aliphatic rings. The van der Waals surface area contributed by atoms with E-state index in [1.807, 2.05) is 6.26 Å². The van der Waals surface area contributed by atoms with Gasteiger partial charge in [-0.1, -0.05) is 23.7 Å². The zero-order chi connectivity index (χ0) is 29.6. The van der Waals surface area contributed by atoms with Gasteiger partial charge in [0, 0.05) is 29.0 Å². The number of rotatable bonds is 11. The highest BCUT2D eigenvalue weighted by Gasteiger charge is 2.38. The number of anilines is 1. The maximum absolute atomic E-state index is 15.1. The summed E-state index contributed by atoms with van der Waals surface area (Å²) < 4.78 is 15.1. The molecule has 2 unspecified atom stereocenters. The highest BCUT2D eigenvalue weighted by Crippen LogP contribution is 2.32. The SMILES string of the molecule is CSCC[C@H](NC(=O)CN1C(=O)C(N(C)C(=O)C(N)CS)N=C(c2ccccc2F)c2cc(Cl)ccc21)C(=O)O. The number of aliphatic imine (C=N–C) groups is 1. The molecule has 40 heavy (non-hydrogen) atoms. The predicted molar refractivity (Wildman–Crippen MR) is 157 cm³/mol. The van der Waals surface area contributed by atoms with Crippen molar-refractivity contribution in [3.8, 4) is 0 Å². The van der Waals surface area contributed by atoms with Crippen LogP contribution in [0.25, 0.3) is 0 Å². The molecule has 0 radical (unpaired) electrons. The predicted octanol–water partition coefficient (Wildman–Crippen LogP) is 2.03. The first-order valence-electron chi connectivity index (χ1n) is 12.1. The molecule has 0 fully saturated rings. The number of carboxylic acid groups (broad SMARTS) is 1. The number of likely N-dealkylation sites (N-methyl/N-ethyl adjacent to an activating group) is 1. The Balaban J connectivity index is 2.15. The van der Waals surface area contributed by atoms with Crippen LogP contribution in [0.1, 0.15) is 17.5 Å². The third-order valence-electron chi connectivity index (χ3n) is 6.15. The van der Waals surface area contributed by atoms with E-state index in [0.29, 0.717) is 5.75 Å². The summed E-state index contributed by atoms with van der Waals surface area (Å²) in [4.78, 5) is 58.4. The fourth-order valence-electron chi connectivity index (χ4n) is 4.06. The minimum Gasteiger partial charge on any atom is -0.480 e. The molecule has 2 aromatic carbocycles. The highest BCUT2D eigenvalue weighted by atomic mass is 35.5. The van der Waals surface area contributed by atoms with Crippen LogP contribution in [-0.2, 0) is 19.2 Å². The molecular weight excluding hydrogens is 581 g/mol. The van der Waals surface area contributed by atoms with E-state index in [4.69, 9.17) is 17.3 Å². The summed E-state index contributed by atoms with van der Waals surface area (Å²) in [6.07, 6.45) is 0.437. The summed E-state index contributed by atoms with van der Waals surface area (Å²) in [6, 6.07) is 7.98. The summed E-state index contributed by atoms with van der Waals surface area (Å²) in [5, 5.41) is 12.2. The van der Waals surface area contributed by atoms with Crippen molar-refractivity contribution in [2.45, 2.75) is 24.7 Å². The van der Waals surface area contributed by atoms with Crippen molar-refractivity contribution in [1.29, 1.82) is 0 Å². The number of nitrogens with zero attached hydrogens (tertiary/aromatic N) is 3. The van der Waals surface area contributed by atoms with Crippen LogP contribution in [0.15, 0.2) is 47.5 Å². The molecule has 14 heteroatoms. The summed E-state index contributed by atoms with van der Waals surface area (Å²) in [5.41, 5.74) is 6.35. The van der Waals surface area contributed by atoms with Crippen LogP contribution < -0.4 is 16.0 Å². The van der Waals surface area contributed by atoms with Crippen molar-refractivity contribution >= 4 is 71.1 Å². The van der Waals surface area contributed by atoms with Gasteiger partial charge in [-0.3, -0.25) is 19.3 Å². The van der Waals surface area contributed by atoms with E-state index in [0.717, 1.165) is 9.80 Å². The maximum atomic E-state index is 15.1. The molecule has 0 saturated carbocycles. The molecule has 3 rings (SSSR count). The van der Waals surface area contributed by atoms with E-state index in [1.165, 1.54) is 55.2 Å². The second-order valence-corrected chi connectivity index (χ2v) is 10.7. The minimum atomic E-state index is -1.54. The molecule has 0 aromatic heterocycles. The minimum absolute atomic E-state index is 0.0114. The van der Waals surface area contributed by atoms with Crippen LogP contribution in [0.5, 0.6) is 0 Å². The fourth-order valence-corrected chi connectivity index (χ4v) is 4.86. The lowest BCUT2D eigenvalue weighted by atomic mass is 9.99. The number of halogens is 2. The molecule has 1 heterocycles. The lowest BCUT2D eigenvalue weighted by Crippen LogP contribution is -2.55. The Hall–Kier alpha value is -3.13. The molecule has 3 amide bonds. The molecule has 3 atom stereocenters. The first-order chi connectivity index (χ1) is 19.0. The van der Waals surface area contributed by atoms with Crippen molar-refractivity contribution < 1.29 is 28.7 Å². The van der Waals surface area contributed by atoms with Crippen molar-refractivity contribution in [3.05, 3.63) is 64.4 Å². The second kappa shape index (κ2) is 14.0. The Morgan fingerprint density at radius 2 is 1.98 bits per heavy atom. The van der Waals surface area contributed by atoms with Crippen LogP contribution in [-0.4, -0.2) is 89.0 Å².